The quantitative estimate of drug-likeness (QED) is 0.592. The van der Waals surface area contributed by atoms with Gasteiger partial charge >= 0.3 is 0 Å². The van der Waals surface area contributed by atoms with Gasteiger partial charge in [0.1, 0.15) is 6.17 Å². The molecule has 0 amide bonds. The highest BCUT2D eigenvalue weighted by atomic mass is 35.7. The van der Waals surface area contributed by atoms with Crippen LogP contribution in [0.4, 0.5) is 4.39 Å². The van der Waals surface area contributed by atoms with Gasteiger partial charge in [-0.25, -0.2) is 4.39 Å². The normalized spacial score (nSPS) is 28.7. The van der Waals surface area contributed by atoms with Crippen molar-refractivity contribution in [2.24, 2.45) is 0 Å². The summed E-state index contributed by atoms with van der Waals surface area (Å²) in [6.07, 6.45) is -0.0759. The summed E-state index contributed by atoms with van der Waals surface area (Å²) in [4.78, 5) is 0. The summed E-state index contributed by atoms with van der Waals surface area (Å²) in [5.41, 5.74) is 0. The minimum Gasteiger partial charge on any atom is -0.246 e. The molecule has 0 N–H and O–H groups in total. The van der Waals surface area contributed by atoms with Crippen LogP contribution in [0.5, 0.6) is 0 Å². The van der Waals surface area contributed by atoms with Crippen molar-refractivity contribution in [1.82, 2.24) is 4.31 Å². The first-order valence-corrected chi connectivity index (χ1v) is 5.60. The molecule has 1 rings (SSSR count). The molecule has 0 radical (unpaired) electrons. The van der Waals surface area contributed by atoms with Crippen molar-refractivity contribution in [1.29, 1.82) is 0 Å². The number of nitrogens with zero attached hydrogens (tertiary/aromatic N) is 1. The van der Waals surface area contributed by atoms with E-state index in [4.69, 9.17) is 10.7 Å². The van der Waals surface area contributed by atoms with Gasteiger partial charge in [-0.05, 0) is 12.8 Å². The fraction of sp³-hybridized carbons (Fsp3) is 1.00. The molecule has 0 aromatic heterocycles. The van der Waals surface area contributed by atoms with Gasteiger partial charge in [-0.3, -0.25) is 0 Å². The first-order chi connectivity index (χ1) is 5.00. The first-order valence-electron chi connectivity index (χ1n) is 3.34. The third-order valence-electron chi connectivity index (χ3n) is 1.64. The molecular formula is C5H9ClFNO2S. The fourth-order valence-corrected chi connectivity index (χ4v) is 2.15. The smallest absolute Gasteiger partial charge is 0.246 e. The summed E-state index contributed by atoms with van der Waals surface area (Å²) >= 11 is 0. The molecule has 11 heavy (non-hydrogen) atoms. The van der Waals surface area contributed by atoms with Crippen LogP contribution < -0.4 is 0 Å². The molecule has 0 aliphatic carbocycles. The Bertz CT molecular complexity index is 231. The van der Waals surface area contributed by atoms with Gasteiger partial charge in [-0.2, -0.15) is 12.7 Å². The molecule has 1 fully saturated rings. The van der Waals surface area contributed by atoms with Crippen molar-refractivity contribution in [2.45, 2.75) is 19.0 Å². The average Bonchev–Trinajstić information content (AvgIpc) is 1.86. The predicted octanol–water partition coefficient (Wildman–Crippen LogP) is 0.904. The molecule has 1 aliphatic heterocycles. The maximum absolute atomic E-state index is 12.6. The summed E-state index contributed by atoms with van der Waals surface area (Å²) in [6, 6.07) is 0. The van der Waals surface area contributed by atoms with E-state index in [0.717, 1.165) is 4.31 Å². The Balaban J connectivity index is 2.60. The largest absolute Gasteiger partial charge is 0.299 e. The van der Waals surface area contributed by atoms with Gasteiger partial charge in [0.25, 0.3) is 9.24 Å². The van der Waals surface area contributed by atoms with Gasteiger partial charge in [-0.1, -0.05) is 0 Å². The van der Waals surface area contributed by atoms with Gasteiger partial charge in [0.2, 0.25) is 0 Å². The van der Waals surface area contributed by atoms with Crippen molar-refractivity contribution in [3.63, 3.8) is 0 Å². The standard InChI is InChI=1S/C5H9ClFNO2S/c6-11(9,10)8-3-1-2-5(7)4-8/h5H,1-4H2. The molecule has 1 unspecified atom stereocenters. The molecule has 0 spiro atoms. The molecule has 0 aromatic rings. The van der Waals surface area contributed by atoms with E-state index in [9.17, 15) is 12.8 Å². The lowest BCUT2D eigenvalue weighted by Crippen LogP contribution is -2.38. The van der Waals surface area contributed by atoms with E-state index in [1.54, 1.807) is 0 Å². The fourth-order valence-electron chi connectivity index (χ4n) is 1.09. The van der Waals surface area contributed by atoms with Gasteiger partial charge in [0.15, 0.2) is 0 Å². The summed E-state index contributed by atoms with van der Waals surface area (Å²) in [7, 11) is 1.32. The number of rotatable bonds is 1. The Hall–Kier alpha value is 0.130. The minimum atomic E-state index is -3.69. The van der Waals surface area contributed by atoms with Gasteiger partial charge in [0.05, 0.1) is 0 Å². The molecule has 0 bridgehead atoms. The Labute approximate surface area is 69.7 Å². The monoisotopic (exact) mass is 201 g/mol. The number of hydrogen-bond donors (Lipinski definition) is 0. The van der Waals surface area contributed by atoms with Crippen LogP contribution in [0.3, 0.4) is 0 Å². The van der Waals surface area contributed by atoms with Crippen LogP contribution in [-0.2, 0) is 9.24 Å². The zero-order valence-corrected chi connectivity index (χ0v) is 7.41. The Kier molecular flexibility index (Phi) is 2.72. The van der Waals surface area contributed by atoms with E-state index < -0.39 is 15.4 Å². The maximum atomic E-state index is 12.6. The van der Waals surface area contributed by atoms with E-state index in [-0.39, 0.29) is 6.54 Å². The van der Waals surface area contributed by atoms with Crippen LogP contribution in [0.15, 0.2) is 0 Å². The predicted molar refractivity (Wildman–Crippen MR) is 40.5 cm³/mol. The summed E-state index contributed by atoms with van der Waals surface area (Å²) in [6.45, 7) is 0.248. The third kappa shape index (κ3) is 2.57. The topological polar surface area (TPSA) is 37.4 Å². The van der Waals surface area contributed by atoms with Crippen molar-refractivity contribution in [3.8, 4) is 0 Å². The Morgan fingerprint density at radius 1 is 1.55 bits per heavy atom. The molecule has 1 atom stereocenters. The number of halogens is 2. The van der Waals surface area contributed by atoms with Gasteiger partial charge in [0, 0.05) is 23.8 Å². The van der Waals surface area contributed by atoms with Crippen LogP contribution in [0, 0.1) is 0 Å². The van der Waals surface area contributed by atoms with Crippen molar-refractivity contribution in [3.05, 3.63) is 0 Å². The molecule has 1 heterocycles. The molecule has 3 nitrogen and oxygen atoms in total. The summed E-state index contributed by atoms with van der Waals surface area (Å²) in [5, 5.41) is 0. The lowest BCUT2D eigenvalue weighted by molar-refractivity contribution is 0.205. The third-order valence-corrected chi connectivity index (χ3v) is 3.17. The van der Waals surface area contributed by atoms with E-state index in [2.05, 4.69) is 0 Å². The molecule has 0 saturated carbocycles. The highest BCUT2D eigenvalue weighted by Gasteiger charge is 2.26. The lowest BCUT2D eigenvalue weighted by atomic mass is 10.1. The minimum absolute atomic E-state index is 0.0914. The van der Waals surface area contributed by atoms with E-state index >= 15 is 0 Å². The van der Waals surface area contributed by atoms with Crippen LogP contribution in [0.1, 0.15) is 12.8 Å². The van der Waals surface area contributed by atoms with Gasteiger partial charge < -0.3 is 0 Å². The first kappa shape index (κ1) is 9.22. The average molecular weight is 202 g/mol. The van der Waals surface area contributed by atoms with Gasteiger partial charge in [-0.15, -0.1) is 0 Å². The number of hydrogen-bond acceptors (Lipinski definition) is 2. The summed E-state index contributed by atoms with van der Waals surface area (Å²) in [5.74, 6) is 0. The molecule has 1 saturated heterocycles. The SMILES string of the molecule is O=S(=O)(Cl)N1CCCC(F)C1. The van der Waals surface area contributed by atoms with Crippen LogP contribution in [-0.4, -0.2) is 32.0 Å². The molecule has 1 aliphatic rings. The van der Waals surface area contributed by atoms with Crippen LogP contribution in [0.2, 0.25) is 0 Å². The van der Waals surface area contributed by atoms with Crippen molar-refractivity contribution < 1.29 is 12.8 Å². The summed E-state index contributed by atoms with van der Waals surface area (Å²) < 4.78 is 34.9. The zero-order valence-electron chi connectivity index (χ0n) is 5.83. The zero-order chi connectivity index (χ0) is 8.48. The number of piperidine rings is 1. The van der Waals surface area contributed by atoms with E-state index in [1.807, 2.05) is 0 Å². The van der Waals surface area contributed by atoms with Crippen LogP contribution in [0.25, 0.3) is 0 Å². The van der Waals surface area contributed by atoms with E-state index in [1.165, 1.54) is 0 Å². The van der Waals surface area contributed by atoms with E-state index in [0.29, 0.717) is 19.4 Å². The second-order valence-corrected chi connectivity index (χ2v) is 5.05. The van der Waals surface area contributed by atoms with Crippen molar-refractivity contribution >= 4 is 19.9 Å². The Morgan fingerprint density at radius 3 is 2.55 bits per heavy atom. The number of alkyl halides is 1. The lowest BCUT2D eigenvalue weighted by Gasteiger charge is -2.25. The highest BCUT2D eigenvalue weighted by Crippen LogP contribution is 2.17. The second kappa shape index (κ2) is 3.25. The molecule has 0 aromatic carbocycles. The highest BCUT2D eigenvalue weighted by molar-refractivity contribution is 8.11. The second-order valence-electron chi connectivity index (χ2n) is 2.54. The molecular weight excluding hydrogens is 193 g/mol. The Morgan fingerprint density at radius 2 is 2.18 bits per heavy atom. The molecule has 6 heteroatoms. The molecule has 66 valence electrons. The maximum Gasteiger partial charge on any atom is 0.299 e. The van der Waals surface area contributed by atoms with Crippen LogP contribution >= 0.6 is 10.7 Å². The van der Waals surface area contributed by atoms with Crippen molar-refractivity contribution in [2.75, 3.05) is 13.1 Å².